The summed E-state index contributed by atoms with van der Waals surface area (Å²) in [5.41, 5.74) is 0. The number of amides is 1. The first-order valence-electron chi connectivity index (χ1n) is 6.67. The number of carbonyl (C=O) groups excluding carboxylic acids is 1. The Bertz CT molecular complexity index is 420. The van der Waals surface area contributed by atoms with Gasteiger partial charge in [-0.1, -0.05) is 32.9 Å². The lowest BCUT2D eigenvalue weighted by atomic mass is 10.1. The zero-order chi connectivity index (χ0) is 14.4. The van der Waals surface area contributed by atoms with Gasteiger partial charge in [0.2, 0.25) is 0 Å². The van der Waals surface area contributed by atoms with E-state index in [1.165, 1.54) is 12.1 Å². The number of nitrogens with one attached hydrogen (secondary N) is 1. The van der Waals surface area contributed by atoms with Crippen LogP contribution in [0.15, 0.2) is 24.3 Å². The predicted octanol–water partition coefficient (Wildman–Crippen LogP) is 3.14. The molecular formula is C15H22FNO2. The van der Waals surface area contributed by atoms with Gasteiger partial charge in [0.25, 0.3) is 5.91 Å². The lowest BCUT2D eigenvalue weighted by molar-refractivity contribution is -0.129. The first-order chi connectivity index (χ1) is 8.95. The number of carbonyl (C=O) groups is 1. The van der Waals surface area contributed by atoms with Gasteiger partial charge in [-0.15, -0.1) is 0 Å². The highest BCUT2D eigenvalue weighted by atomic mass is 19.1. The average molecular weight is 267 g/mol. The van der Waals surface area contributed by atoms with Crippen LogP contribution in [0, 0.1) is 11.7 Å². The fourth-order valence-corrected chi connectivity index (χ4v) is 1.50. The molecule has 0 heterocycles. The highest BCUT2D eigenvalue weighted by molar-refractivity contribution is 5.81. The number of hydrogen-bond acceptors (Lipinski definition) is 2. The second-order valence-electron chi connectivity index (χ2n) is 4.99. The molecule has 0 aliphatic heterocycles. The molecule has 3 nitrogen and oxygen atoms in total. The van der Waals surface area contributed by atoms with Gasteiger partial charge in [0.1, 0.15) is 0 Å². The minimum Gasteiger partial charge on any atom is -0.478 e. The summed E-state index contributed by atoms with van der Waals surface area (Å²) in [5, 5.41) is 2.88. The molecule has 0 bridgehead atoms. The summed E-state index contributed by atoms with van der Waals surface area (Å²) in [6, 6.07) is 6.17. The molecule has 0 fully saturated rings. The maximum absolute atomic E-state index is 13.5. The van der Waals surface area contributed by atoms with Gasteiger partial charge in [0.15, 0.2) is 17.7 Å². The van der Waals surface area contributed by atoms with Crippen molar-refractivity contribution >= 4 is 5.91 Å². The molecule has 1 aromatic rings. The van der Waals surface area contributed by atoms with Crippen LogP contribution < -0.4 is 10.1 Å². The van der Waals surface area contributed by atoms with Crippen molar-refractivity contribution in [2.75, 3.05) is 0 Å². The van der Waals surface area contributed by atoms with Crippen molar-refractivity contribution < 1.29 is 13.9 Å². The highest BCUT2D eigenvalue weighted by Gasteiger charge is 2.22. The molecule has 0 saturated heterocycles. The SMILES string of the molecule is CC[C@@H](Oc1ccccc1F)C(=O)N[C@@H](C)C(C)C. The van der Waals surface area contributed by atoms with Crippen LogP contribution in [-0.4, -0.2) is 18.1 Å². The molecular weight excluding hydrogens is 245 g/mol. The number of benzene rings is 1. The molecule has 0 radical (unpaired) electrons. The van der Waals surface area contributed by atoms with E-state index in [0.29, 0.717) is 12.3 Å². The average Bonchev–Trinajstić information content (AvgIpc) is 2.37. The molecule has 1 amide bonds. The molecule has 0 unspecified atom stereocenters. The van der Waals surface area contributed by atoms with Gasteiger partial charge in [-0.3, -0.25) is 4.79 Å². The maximum atomic E-state index is 13.5. The molecule has 0 aliphatic carbocycles. The first-order valence-corrected chi connectivity index (χ1v) is 6.67. The summed E-state index contributed by atoms with van der Waals surface area (Å²) in [6.45, 7) is 7.84. The van der Waals surface area contributed by atoms with E-state index >= 15 is 0 Å². The van der Waals surface area contributed by atoms with Gasteiger partial charge in [0.05, 0.1) is 0 Å². The summed E-state index contributed by atoms with van der Waals surface area (Å²) in [6.07, 6.45) is -0.177. The molecule has 0 aliphatic rings. The molecule has 1 rings (SSSR count). The monoisotopic (exact) mass is 267 g/mol. The smallest absolute Gasteiger partial charge is 0.261 e. The molecule has 0 saturated carbocycles. The largest absolute Gasteiger partial charge is 0.478 e. The Morgan fingerprint density at radius 2 is 1.95 bits per heavy atom. The van der Waals surface area contributed by atoms with Crippen molar-refractivity contribution in [2.24, 2.45) is 5.92 Å². The van der Waals surface area contributed by atoms with Crippen LogP contribution in [0.3, 0.4) is 0 Å². The van der Waals surface area contributed by atoms with E-state index in [1.807, 2.05) is 27.7 Å². The van der Waals surface area contributed by atoms with Gasteiger partial charge >= 0.3 is 0 Å². The molecule has 1 N–H and O–H groups in total. The van der Waals surface area contributed by atoms with Gasteiger partial charge in [-0.05, 0) is 31.4 Å². The Labute approximate surface area is 114 Å². The molecule has 0 spiro atoms. The third-order valence-electron chi connectivity index (χ3n) is 3.14. The second-order valence-corrected chi connectivity index (χ2v) is 4.99. The molecule has 0 aromatic heterocycles. The summed E-state index contributed by atoms with van der Waals surface area (Å²) in [5.74, 6) is -0.200. The van der Waals surface area contributed by atoms with E-state index in [2.05, 4.69) is 5.32 Å². The first kappa shape index (κ1) is 15.5. The molecule has 19 heavy (non-hydrogen) atoms. The Balaban J connectivity index is 2.68. The van der Waals surface area contributed by atoms with Crippen LogP contribution in [0.25, 0.3) is 0 Å². The second kappa shape index (κ2) is 7.12. The third kappa shape index (κ3) is 4.54. The Kier molecular flexibility index (Phi) is 5.80. The van der Waals surface area contributed by atoms with E-state index in [4.69, 9.17) is 4.74 Å². The zero-order valence-corrected chi connectivity index (χ0v) is 11.9. The maximum Gasteiger partial charge on any atom is 0.261 e. The summed E-state index contributed by atoms with van der Waals surface area (Å²) < 4.78 is 18.9. The Morgan fingerprint density at radius 1 is 1.32 bits per heavy atom. The van der Waals surface area contributed by atoms with Crippen LogP contribution >= 0.6 is 0 Å². The predicted molar refractivity (Wildman–Crippen MR) is 73.5 cm³/mol. The number of para-hydroxylation sites is 1. The molecule has 2 atom stereocenters. The van der Waals surface area contributed by atoms with Crippen molar-refractivity contribution in [2.45, 2.75) is 46.3 Å². The van der Waals surface area contributed by atoms with Gasteiger partial charge in [-0.25, -0.2) is 4.39 Å². The van der Waals surface area contributed by atoms with E-state index < -0.39 is 11.9 Å². The number of hydrogen-bond donors (Lipinski definition) is 1. The van der Waals surface area contributed by atoms with Gasteiger partial charge in [-0.2, -0.15) is 0 Å². The quantitative estimate of drug-likeness (QED) is 0.860. The van der Waals surface area contributed by atoms with Crippen molar-refractivity contribution in [3.8, 4) is 5.75 Å². The lowest BCUT2D eigenvalue weighted by Gasteiger charge is -2.22. The molecule has 1 aromatic carbocycles. The van der Waals surface area contributed by atoms with Crippen LogP contribution in [-0.2, 0) is 4.79 Å². The van der Waals surface area contributed by atoms with Crippen molar-refractivity contribution in [1.82, 2.24) is 5.32 Å². The summed E-state index contributed by atoms with van der Waals surface area (Å²) in [4.78, 5) is 12.0. The van der Waals surface area contributed by atoms with Crippen molar-refractivity contribution in [3.05, 3.63) is 30.1 Å². The Morgan fingerprint density at radius 3 is 2.47 bits per heavy atom. The van der Waals surface area contributed by atoms with Crippen LogP contribution in [0.5, 0.6) is 5.75 Å². The van der Waals surface area contributed by atoms with Crippen molar-refractivity contribution in [3.63, 3.8) is 0 Å². The number of rotatable bonds is 6. The lowest BCUT2D eigenvalue weighted by Crippen LogP contribution is -2.44. The zero-order valence-electron chi connectivity index (χ0n) is 11.9. The van der Waals surface area contributed by atoms with E-state index in [1.54, 1.807) is 12.1 Å². The van der Waals surface area contributed by atoms with E-state index in [-0.39, 0.29) is 17.7 Å². The van der Waals surface area contributed by atoms with Crippen LogP contribution in [0.2, 0.25) is 0 Å². The number of halogens is 1. The van der Waals surface area contributed by atoms with E-state index in [9.17, 15) is 9.18 Å². The van der Waals surface area contributed by atoms with E-state index in [0.717, 1.165) is 0 Å². The minimum absolute atomic E-state index is 0.0609. The molecule has 106 valence electrons. The van der Waals surface area contributed by atoms with Crippen LogP contribution in [0.1, 0.15) is 34.1 Å². The summed E-state index contributed by atoms with van der Waals surface area (Å²) in [7, 11) is 0. The topological polar surface area (TPSA) is 38.3 Å². The van der Waals surface area contributed by atoms with Gasteiger partial charge in [0, 0.05) is 6.04 Å². The Hall–Kier alpha value is -1.58. The third-order valence-corrected chi connectivity index (χ3v) is 3.14. The van der Waals surface area contributed by atoms with Crippen LogP contribution in [0.4, 0.5) is 4.39 Å². The van der Waals surface area contributed by atoms with Crippen molar-refractivity contribution in [1.29, 1.82) is 0 Å². The van der Waals surface area contributed by atoms with Gasteiger partial charge < -0.3 is 10.1 Å². The summed E-state index contributed by atoms with van der Waals surface area (Å²) >= 11 is 0. The fourth-order valence-electron chi connectivity index (χ4n) is 1.50. The minimum atomic E-state index is -0.668. The highest BCUT2D eigenvalue weighted by Crippen LogP contribution is 2.18. The standard InChI is InChI=1S/C15H22FNO2/c1-5-13(15(18)17-11(4)10(2)3)19-14-9-7-6-8-12(14)16/h6-11,13H,5H2,1-4H3,(H,17,18)/t11-,13+/m0/s1. The fraction of sp³-hybridized carbons (Fsp3) is 0.533. The molecule has 4 heteroatoms. The normalized spacial score (nSPS) is 14.0. The number of ether oxygens (including phenoxy) is 1.